The number of anilines is 1. The van der Waals surface area contributed by atoms with Crippen LogP contribution in [0.3, 0.4) is 0 Å². The van der Waals surface area contributed by atoms with Gasteiger partial charge in [0.15, 0.2) is 0 Å². The molecule has 0 bridgehead atoms. The van der Waals surface area contributed by atoms with Crippen molar-refractivity contribution in [1.29, 1.82) is 0 Å². The van der Waals surface area contributed by atoms with Gasteiger partial charge in [-0.3, -0.25) is 9.78 Å². The summed E-state index contributed by atoms with van der Waals surface area (Å²) in [6.45, 7) is 0. The van der Waals surface area contributed by atoms with Crippen molar-refractivity contribution in [2.24, 2.45) is 0 Å². The first kappa shape index (κ1) is 7.67. The van der Waals surface area contributed by atoms with Gasteiger partial charge in [-0.25, -0.2) is 4.98 Å². The Morgan fingerprint density at radius 3 is 3.00 bits per heavy atom. The molecule has 2 rings (SSSR count). The minimum absolute atomic E-state index is 0.542. The first-order valence-electron chi connectivity index (χ1n) is 3.81. The van der Waals surface area contributed by atoms with Gasteiger partial charge in [-0.15, -0.1) is 0 Å². The Morgan fingerprint density at radius 2 is 2.15 bits per heavy atom. The first-order valence-corrected chi connectivity index (χ1v) is 3.81. The number of carbonyl (C=O) groups excluding carboxylic acids is 1. The van der Waals surface area contributed by atoms with Gasteiger partial charge in [0.05, 0.1) is 0 Å². The highest BCUT2D eigenvalue weighted by Gasteiger charge is 1.99. The summed E-state index contributed by atoms with van der Waals surface area (Å²) in [6, 6.07) is 3.74. The van der Waals surface area contributed by atoms with E-state index in [1.807, 2.05) is 12.1 Å². The minimum atomic E-state index is 0.542. The van der Waals surface area contributed by atoms with Crippen LogP contribution in [-0.4, -0.2) is 16.4 Å². The largest absolute Gasteiger partial charge is 0.313 e. The van der Waals surface area contributed by atoms with Crippen LogP contribution < -0.4 is 5.32 Å². The van der Waals surface area contributed by atoms with Crippen LogP contribution in [0.4, 0.5) is 5.82 Å². The molecular weight excluding hydrogens is 166 g/mol. The number of pyridine rings is 2. The summed E-state index contributed by atoms with van der Waals surface area (Å²) in [7, 11) is 0. The van der Waals surface area contributed by atoms with E-state index in [0.717, 1.165) is 10.8 Å². The van der Waals surface area contributed by atoms with E-state index in [9.17, 15) is 4.79 Å². The highest BCUT2D eigenvalue weighted by molar-refractivity contribution is 5.94. The van der Waals surface area contributed by atoms with Crippen molar-refractivity contribution in [3.8, 4) is 0 Å². The average Bonchev–Trinajstić information content (AvgIpc) is 2.19. The minimum Gasteiger partial charge on any atom is -0.313 e. The van der Waals surface area contributed by atoms with Crippen LogP contribution in [0.2, 0.25) is 0 Å². The number of carbonyl (C=O) groups is 1. The molecule has 0 unspecified atom stereocenters. The smallest absolute Gasteiger partial charge is 0.212 e. The maximum absolute atomic E-state index is 10.2. The Kier molecular flexibility index (Phi) is 1.88. The Morgan fingerprint density at radius 1 is 1.31 bits per heavy atom. The first-order chi connectivity index (χ1) is 6.42. The highest BCUT2D eigenvalue weighted by Crippen LogP contribution is 2.18. The lowest BCUT2D eigenvalue weighted by atomic mass is 10.2. The van der Waals surface area contributed by atoms with Crippen molar-refractivity contribution in [3.05, 3.63) is 30.7 Å². The van der Waals surface area contributed by atoms with Crippen molar-refractivity contribution < 1.29 is 4.79 Å². The highest BCUT2D eigenvalue weighted by atomic mass is 16.1. The molecule has 0 aromatic carbocycles. The second-order valence-corrected chi connectivity index (χ2v) is 2.52. The SMILES string of the molecule is O=CNc1nccc2ccncc12. The summed E-state index contributed by atoms with van der Waals surface area (Å²) in [5, 5.41) is 4.37. The van der Waals surface area contributed by atoms with Gasteiger partial charge in [0, 0.05) is 24.0 Å². The predicted octanol–water partition coefficient (Wildman–Crippen LogP) is 1.20. The second kappa shape index (κ2) is 3.18. The van der Waals surface area contributed by atoms with E-state index in [0.29, 0.717) is 12.2 Å². The molecule has 0 aliphatic heterocycles. The lowest BCUT2D eigenvalue weighted by Crippen LogP contribution is -1.97. The molecule has 0 saturated carbocycles. The van der Waals surface area contributed by atoms with Gasteiger partial charge in [-0.2, -0.15) is 0 Å². The molecule has 2 aromatic rings. The second-order valence-electron chi connectivity index (χ2n) is 2.52. The molecule has 0 aliphatic carbocycles. The fourth-order valence-corrected chi connectivity index (χ4v) is 1.18. The summed E-state index contributed by atoms with van der Waals surface area (Å²) in [5.74, 6) is 0.542. The third-order valence-electron chi connectivity index (χ3n) is 1.76. The van der Waals surface area contributed by atoms with Gasteiger partial charge >= 0.3 is 0 Å². The summed E-state index contributed by atoms with van der Waals surface area (Å²) in [4.78, 5) is 18.2. The molecule has 0 aliphatic rings. The number of fused-ring (bicyclic) bond motifs is 1. The Hall–Kier alpha value is -1.97. The van der Waals surface area contributed by atoms with Crippen LogP contribution in [-0.2, 0) is 4.79 Å². The normalized spacial score (nSPS) is 9.85. The van der Waals surface area contributed by atoms with E-state index in [-0.39, 0.29) is 0 Å². The lowest BCUT2D eigenvalue weighted by molar-refractivity contribution is -0.105. The average molecular weight is 173 g/mol. The molecule has 2 aromatic heterocycles. The molecular formula is C9H7N3O. The third-order valence-corrected chi connectivity index (χ3v) is 1.76. The van der Waals surface area contributed by atoms with Crippen LogP contribution in [0.15, 0.2) is 30.7 Å². The molecule has 64 valence electrons. The van der Waals surface area contributed by atoms with E-state index in [2.05, 4.69) is 15.3 Å². The standard InChI is InChI=1S/C9H7N3O/c13-6-12-9-8-5-10-3-1-7(8)2-4-11-9/h1-6H,(H,11,12,13). The molecule has 4 nitrogen and oxygen atoms in total. The van der Waals surface area contributed by atoms with Crippen LogP contribution >= 0.6 is 0 Å². The fourth-order valence-electron chi connectivity index (χ4n) is 1.18. The molecule has 0 radical (unpaired) electrons. The summed E-state index contributed by atoms with van der Waals surface area (Å²) < 4.78 is 0. The van der Waals surface area contributed by atoms with Crippen molar-refractivity contribution >= 4 is 23.0 Å². The zero-order valence-corrected chi connectivity index (χ0v) is 6.77. The maximum atomic E-state index is 10.2. The number of nitrogens with one attached hydrogen (secondary N) is 1. The molecule has 0 saturated heterocycles. The van der Waals surface area contributed by atoms with E-state index in [1.165, 1.54) is 0 Å². The van der Waals surface area contributed by atoms with Crippen molar-refractivity contribution in [1.82, 2.24) is 9.97 Å². The Labute approximate surface area is 74.6 Å². The number of aromatic nitrogens is 2. The van der Waals surface area contributed by atoms with Gasteiger partial charge in [0.1, 0.15) is 5.82 Å². The number of nitrogens with zero attached hydrogens (tertiary/aromatic N) is 2. The van der Waals surface area contributed by atoms with Crippen LogP contribution in [0, 0.1) is 0 Å². The fraction of sp³-hybridized carbons (Fsp3) is 0. The number of amides is 1. The van der Waals surface area contributed by atoms with Gasteiger partial charge in [0.25, 0.3) is 0 Å². The molecule has 0 spiro atoms. The number of hydrogen-bond donors (Lipinski definition) is 1. The van der Waals surface area contributed by atoms with Crippen molar-refractivity contribution in [2.75, 3.05) is 5.32 Å². The molecule has 13 heavy (non-hydrogen) atoms. The molecule has 4 heteroatoms. The van der Waals surface area contributed by atoms with Crippen molar-refractivity contribution in [2.45, 2.75) is 0 Å². The number of rotatable bonds is 2. The van der Waals surface area contributed by atoms with E-state index in [4.69, 9.17) is 0 Å². The van der Waals surface area contributed by atoms with E-state index in [1.54, 1.807) is 18.6 Å². The van der Waals surface area contributed by atoms with Crippen molar-refractivity contribution in [3.63, 3.8) is 0 Å². The van der Waals surface area contributed by atoms with Gasteiger partial charge in [0.2, 0.25) is 6.41 Å². The summed E-state index contributed by atoms with van der Waals surface area (Å²) in [5.41, 5.74) is 0. The van der Waals surface area contributed by atoms with Crippen LogP contribution in [0.5, 0.6) is 0 Å². The topological polar surface area (TPSA) is 54.9 Å². The number of hydrogen-bond acceptors (Lipinski definition) is 3. The summed E-state index contributed by atoms with van der Waals surface area (Å²) >= 11 is 0. The molecule has 0 atom stereocenters. The lowest BCUT2D eigenvalue weighted by Gasteiger charge is -2.01. The molecule has 1 N–H and O–H groups in total. The van der Waals surface area contributed by atoms with E-state index < -0.39 is 0 Å². The van der Waals surface area contributed by atoms with Crippen LogP contribution in [0.25, 0.3) is 10.8 Å². The van der Waals surface area contributed by atoms with E-state index >= 15 is 0 Å². The predicted molar refractivity (Wildman–Crippen MR) is 49.2 cm³/mol. The van der Waals surface area contributed by atoms with Gasteiger partial charge < -0.3 is 5.32 Å². The third kappa shape index (κ3) is 1.33. The Bertz CT molecular complexity index is 436. The summed E-state index contributed by atoms with van der Waals surface area (Å²) in [6.07, 6.45) is 5.63. The zero-order valence-electron chi connectivity index (χ0n) is 6.77. The molecule has 0 fully saturated rings. The zero-order chi connectivity index (χ0) is 9.10. The molecule has 2 heterocycles. The Balaban J connectivity index is 2.68. The molecule has 1 amide bonds. The maximum Gasteiger partial charge on any atom is 0.212 e. The van der Waals surface area contributed by atoms with Gasteiger partial charge in [-0.05, 0) is 17.5 Å². The monoisotopic (exact) mass is 173 g/mol. The quantitative estimate of drug-likeness (QED) is 0.694. The van der Waals surface area contributed by atoms with Gasteiger partial charge in [-0.1, -0.05) is 0 Å². The van der Waals surface area contributed by atoms with Crippen LogP contribution in [0.1, 0.15) is 0 Å².